The van der Waals surface area contributed by atoms with Gasteiger partial charge in [0.1, 0.15) is 0 Å². The van der Waals surface area contributed by atoms with Gasteiger partial charge in [0.25, 0.3) is 5.56 Å². The molecule has 0 saturated heterocycles. The first-order valence-corrected chi connectivity index (χ1v) is 5.40. The van der Waals surface area contributed by atoms with Gasteiger partial charge in [-0.25, -0.2) is 4.98 Å². The average Bonchev–Trinajstić information content (AvgIpc) is 2.25. The molecule has 1 aromatic carbocycles. The first-order valence-electron chi connectivity index (χ1n) is 4.27. The van der Waals surface area contributed by atoms with E-state index in [-0.39, 0.29) is 5.56 Å². The minimum Gasteiger partial charge on any atom is -0.313 e. The molecule has 0 bridgehead atoms. The van der Waals surface area contributed by atoms with Crippen LogP contribution in [0, 0.1) is 0 Å². The van der Waals surface area contributed by atoms with Crippen LogP contribution in [-0.2, 0) is 0 Å². The van der Waals surface area contributed by atoms with Crippen LogP contribution in [0.5, 0.6) is 0 Å². The highest BCUT2D eigenvalue weighted by atomic mass is 35.5. The molecule has 6 heteroatoms. The summed E-state index contributed by atoms with van der Waals surface area (Å²) in [6.45, 7) is 0. The van der Waals surface area contributed by atoms with Crippen LogP contribution >= 0.6 is 34.8 Å². The lowest BCUT2D eigenvalue weighted by Crippen LogP contribution is -2.08. The van der Waals surface area contributed by atoms with Gasteiger partial charge in [0.05, 0.1) is 27.0 Å². The molecule has 0 aliphatic rings. The van der Waals surface area contributed by atoms with Crippen molar-refractivity contribution in [3.05, 3.63) is 50.1 Å². The minimum absolute atomic E-state index is 0.282. The van der Waals surface area contributed by atoms with Gasteiger partial charge in [-0.05, 0) is 12.1 Å². The Hall–Kier alpha value is -1.03. The summed E-state index contributed by atoms with van der Waals surface area (Å²) in [7, 11) is 0. The maximum absolute atomic E-state index is 11.5. The highest BCUT2D eigenvalue weighted by Crippen LogP contribution is 2.33. The molecule has 0 aliphatic heterocycles. The van der Waals surface area contributed by atoms with E-state index in [1.54, 1.807) is 6.07 Å². The second-order valence-electron chi connectivity index (χ2n) is 3.04. The predicted octanol–water partition coefficient (Wildman–Crippen LogP) is 3.40. The lowest BCUT2D eigenvalue weighted by molar-refractivity contribution is 1.12. The van der Waals surface area contributed by atoms with E-state index in [0.29, 0.717) is 26.2 Å². The molecule has 0 spiro atoms. The van der Waals surface area contributed by atoms with Crippen LogP contribution in [0.25, 0.3) is 11.1 Å². The molecule has 1 aromatic heterocycles. The van der Waals surface area contributed by atoms with E-state index >= 15 is 0 Å². The molecule has 1 N–H and O–H groups in total. The molecule has 0 radical (unpaired) electrons. The third-order valence-corrected chi connectivity index (χ3v) is 3.05. The molecule has 1 heterocycles. The van der Waals surface area contributed by atoms with Gasteiger partial charge in [0.15, 0.2) is 0 Å². The number of nitrogens with one attached hydrogen (secondary N) is 1. The molecular weight excluding hydrogens is 270 g/mol. The van der Waals surface area contributed by atoms with Gasteiger partial charge in [-0.2, -0.15) is 0 Å². The Bertz CT molecular complexity index is 595. The third kappa shape index (κ3) is 2.07. The number of nitrogens with zero attached hydrogens (tertiary/aromatic N) is 1. The highest BCUT2D eigenvalue weighted by molar-refractivity contribution is 6.44. The van der Waals surface area contributed by atoms with Crippen LogP contribution in [0.1, 0.15) is 0 Å². The SMILES string of the molecule is O=c1[nH]cncc1-c1cc(Cl)c(Cl)cc1Cl. The summed E-state index contributed by atoms with van der Waals surface area (Å²) in [5.74, 6) is 0. The van der Waals surface area contributed by atoms with Crippen LogP contribution in [0.4, 0.5) is 0 Å². The van der Waals surface area contributed by atoms with E-state index in [0.717, 1.165) is 0 Å². The van der Waals surface area contributed by atoms with Crippen LogP contribution in [0.3, 0.4) is 0 Å². The van der Waals surface area contributed by atoms with Crippen LogP contribution in [-0.4, -0.2) is 9.97 Å². The quantitative estimate of drug-likeness (QED) is 0.811. The number of H-pyrrole nitrogens is 1. The van der Waals surface area contributed by atoms with Gasteiger partial charge in [-0.1, -0.05) is 34.8 Å². The van der Waals surface area contributed by atoms with Crippen molar-refractivity contribution >= 4 is 34.8 Å². The fourth-order valence-electron chi connectivity index (χ4n) is 1.26. The minimum atomic E-state index is -0.282. The monoisotopic (exact) mass is 274 g/mol. The van der Waals surface area contributed by atoms with E-state index in [1.807, 2.05) is 0 Å². The number of aromatic nitrogens is 2. The Morgan fingerprint density at radius 2 is 1.69 bits per heavy atom. The van der Waals surface area contributed by atoms with Crippen LogP contribution in [0.2, 0.25) is 15.1 Å². The summed E-state index contributed by atoms with van der Waals surface area (Å²) in [4.78, 5) is 17.8. The van der Waals surface area contributed by atoms with Gasteiger partial charge < -0.3 is 4.98 Å². The van der Waals surface area contributed by atoms with Gasteiger partial charge in [-0.3, -0.25) is 4.79 Å². The van der Waals surface area contributed by atoms with Gasteiger partial charge in [0, 0.05) is 11.8 Å². The molecule has 16 heavy (non-hydrogen) atoms. The van der Waals surface area contributed by atoms with Crippen molar-refractivity contribution < 1.29 is 0 Å². The van der Waals surface area contributed by atoms with E-state index in [2.05, 4.69) is 9.97 Å². The maximum atomic E-state index is 11.5. The molecule has 0 saturated carbocycles. The second-order valence-corrected chi connectivity index (χ2v) is 4.26. The van der Waals surface area contributed by atoms with Crippen molar-refractivity contribution in [2.45, 2.75) is 0 Å². The Kier molecular flexibility index (Phi) is 3.19. The fraction of sp³-hybridized carbons (Fsp3) is 0. The molecule has 0 aliphatic carbocycles. The normalized spacial score (nSPS) is 10.4. The van der Waals surface area contributed by atoms with E-state index in [1.165, 1.54) is 18.6 Å². The third-order valence-electron chi connectivity index (χ3n) is 2.02. The van der Waals surface area contributed by atoms with Crippen molar-refractivity contribution in [3.8, 4) is 11.1 Å². The van der Waals surface area contributed by atoms with Crippen molar-refractivity contribution in [3.63, 3.8) is 0 Å². The number of halogens is 3. The largest absolute Gasteiger partial charge is 0.313 e. The van der Waals surface area contributed by atoms with Gasteiger partial charge >= 0.3 is 0 Å². The summed E-state index contributed by atoms with van der Waals surface area (Å²) in [6, 6.07) is 3.03. The molecule has 3 nitrogen and oxygen atoms in total. The van der Waals surface area contributed by atoms with Crippen molar-refractivity contribution in [1.82, 2.24) is 9.97 Å². The van der Waals surface area contributed by atoms with Gasteiger partial charge in [-0.15, -0.1) is 0 Å². The van der Waals surface area contributed by atoms with Crippen LogP contribution in [0.15, 0.2) is 29.5 Å². The Labute approximate surface area is 106 Å². The Morgan fingerprint density at radius 3 is 2.38 bits per heavy atom. The molecule has 2 rings (SSSR count). The zero-order valence-electron chi connectivity index (χ0n) is 7.80. The van der Waals surface area contributed by atoms with Gasteiger partial charge in [0.2, 0.25) is 0 Å². The highest BCUT2D eigenvalue weighted by Gasteiger charge is 2.10. The Balaban J connectivity index is 2.70. The summed E-state index contributed by atoms with van der Waals surface area (Å²) < 4.78 is 0. The van der Waals surface area contributed by atoms with Crippen molar-refractivity contribution in [1.29, 1.82) is 0 Å². The number of hydrogen-bond acceptors (Lipinski definition) is 2. The molecule has 0 amide bonds. The topological polar surface area (TPSA) is 45.8 Å². The van der Waals surface area contributed by atoms with E-state index < -0.39 is 0 Å². The maximum Gasteiger partial charge on any atom is 0.258 e. The smallest absolute Gasteiger partial charge is 0.258 e. The lowest BCUT2D eigenvalue weighted by Gasteiger charge is -2.04. The summed E-state index contributed by atoms with van der Waals surface area (Å²) in [5.41, 5.74) is 0.576. The first kappa shape index (κ1) is 11.5. The number of benzene rings is 1. The zero-order chi connectivity index (χ0) is 11.7. The lowest BCUT2D eigenvalue weighted by atomic mass is 10.1. The predicted molar refractivity (Wildman–Crippen MR) is 65.3 cm³/mol. The molecule has 2 aromatic rings. The number of rotatable bonds is 1. The average molecular weight is 276 g/mol. The zero-order valence-corrected chi connectivity index (χ0v) is 10.1. The molecular formula is C10H5Cl3N2O. The fourth-order valence-corrected chi connectivity index (χ4v) is 1.91. The van der Waals surface area contributed by atoms with Crippen LogP contribution < -0.4 is 5.56 Å². The van der Waals surface area contributed by atoms with Crippen molar-refractivity contribution in [2.75, 3.05) is 0 Å². The first-order chi connectivity index (χ1) is 7.59. The number of hydrogen-bond donors (Lipinski definition) is 1. The molecule has 0 unspecified atom stereocenters. The molecule has 0 fully saturated rings. The number of aromatic amines is 1. The standard InChI is InChI=1S/C10H5Cl3N2O/c11-7-2-9(13)8(12)1-5(7)6-3-14-4-15-10(6)16/h1-4H,(H,14,15,16). The summed E-state index contributed by atoms with van der Waals surface area (Å²) in [6.07, 6.45) is 2.72. The summed E-state index contributed by atoms with van der Waals surface area (Å²) >= 11 is 17.6. The van der Waals surface area contributed by atoms with E-state index in [9.17, 15) is 4.79 Å². The van der Waals surface area contributed by atoms with E-state index in [4.69, 9.17) is 34.8 Å². The summed E-state index contributed by atoms with van der Waals surface area (Å²) in [5, 5.41) is 1.04. The Morgan fingerprint density at radius 1 is 1.00 bits per heavy atom. The second kappa shape index (κ2) is 4.45. The molecule has 82 valence electrons. The van der Waals surface area contributed by atoms with Crippen molar-refractivity contribution in [2.24, 2.45) is 0 Å². The molecule has 0 atom stereocenters.